The number of aryl methyl sites for hydroxylation is 2. The first kappa shape index (κ1) is 16.1. The van der Waals surface area contributed by atoms with Gasteiger partial charge in [-0.2, -0.15) is 10.2 Å². The second kappa shape index (κ2) is 7.11. The van der Waals surface area contributed by atoms with Gasteiger partial charge in [-0.3, -0.25) is 10.2 Å². The van der Waals surface area contributed by atoms with Gasteiger partial charge in [0.1, 0.15) is 10.3 Å². The Hall–Kier alpha value is -1.30. The van der Waals surface area contributed by atoms with Crippen LogP contribution in [0.2, 0.25) is 10.0 Å². The van der Waals surface area contributed by atoms with Gasteiger partial charge in [0.2, 0.25) is 0 Å². The molecule has 0 atom stereocenters. The molecule has 7 heteroatoms. The zero-order valence-electron chi connectivity index (χ0n) is 11.4. The molecule has 0 spiro atoms. The number of rotatable bonds is 1. The Bertz CT molecular complexity index is 702. The van der Waals surface area contributed by atoms with Gasteiger partial charge >= 0.3 is 0 Å². The van der Waals surface area contributed by atoms with Crippen LogP contribution in [0.5, 0.6) is 0 Å². The van der Waals surface area contributed by atoms with E-state index in [0.717, 1.165) is 22.6 Å². The SMILES string of the molecule is Cc1[nH]nc(-c2ccccc2)c1Cl.Cc1[nH]nc(Br)c1Cl. The summed E-state index contributed by atoms with van der Waals surface area (Å²) in [6.07, 6.45) is 0. The maximum atomic E-state index is 6.05. The zero-order chi connectivity index (χ0) is 15.4. The van der Waals surface area contributed by atoms with Gasteiger partial charge in [-0.25, -0.2) is 0 Å². The van der Waals surface area contributed by atoms with Crippen LogP contribution in [0.3, 0.4) is 0 Å². The third-order valence-electron chi connectivity index (χ3n) is 2.75. The molecule has 0 radical (unpaired) electrons. The fourth-order valence-electron chi connectivity index (χ4n) is 1.59. The number of aromatic nitrogens is 4. The number of hydrogen-bond acceptors (Lipinski definition) is 2. The van der Waals surface area contributed by atoms with Crippen molar-refractivity contribution in [2.45, 2.75) is 13.8 Å². The first-order valence-electron chi connectivity index (χ1n) is 6.12. The van der Waals surface area contributed by atoms with Crippen LogP contribution in [0.15, 0.2) is 34.9 Å². The number of halogens is 3. The molecule has 1 aromatic carbocycles. The lowest BCUT2D eigenvalue weighted by Crippen LogP contribution is -1.76. The summed E-state index contributed by atoms with van der Waals surface area (Å²) in [5.41, 5.74) is 3.65. The number of hydrogen-bond donors (Lipinski definition) is 2. The molecular formula is C14H13BrCl2N4. The molecule has 2 heterocycles. The van der Waals surface area contributed by atoms with E-state index in [0.29, 0.717) is 14.6 Å². The van der Waals surface area contributed by atoms with E-state index in [-0.39, 0.29) is 0 Å². The van der Waals surface area contributed by atoms with Crippen molar-refractivity contribution in [2.75, 3.05) is 0 Å². The molecule has 0 fully saturated rings. The van der Waals surface area contributed by atoms with Crippen LogP contribution >= 0.6 is 39.1 Å². The van der Waals surface area contributed by atoms with E-state index in [1.807, 2.05) is 44.2 Å². The average molecular weight is 388 g/mol. The monoisotopic (exact) mass is 386 g/mol. The summed E-state index contributed by atoms with van der Waals surface area (Å²) in [6, 6.07) is 9.88. The van der Waals surface area contributed by atoms with Crippen LogP contribution < -0.4 is 0 Å². The van der Waals surface area contributed by atoms with Crippen molar-refractivity contribution in [1.29, 1.82) is 0 Å². The molecule has 4 nitrogen and oxygen atoms in total. The average Bonchev–Trinajstić information content (AvgIpc) is 2.98. The van der Waals surface area contributed by atoms with Gasteiger partial charge in [0, 0.05) is 5.56 Å². The molecule has 0 bridgehead atoms. The molecule has 2 aromatic heterocycles. The van der Waals surface area contributed by atoms with Gasteiger partial charge in [0.15, 0.2) is 0 Å². The predicted molar refractivity (Wildman–Crippen MR) is 89.8 cm³/mol. The molecule has 3 rings (SSSR count). The minimum Gasteiger partial charge on any atom is -0.281 e. The number of nitrogens with zero attached hydrogens (tertiary/aromatic N) is 2. The van der Waals surface area contributed by atoms with Gasteiger partial charge in [-0.05, 0) is 29.8 Å². The Morgan fingerprint density at radius 2 is 1.48 bits per heavy atom. The van der Waals surface area contributed by atoms with Crippen molar-refractivity contribution >= 4 is 39.1 Å². The Balaban J connectivity index is 0.000000173. The Morgan fingerprint density at radius 1 is 0.905 bits per heavy atom. The van der Waals surface area contributed by atoms with Crippen LogP contribution in [-0.4, -0.2) is 20.4 Å². The lowest BCUT2D eigenvalue weighted by Gasteiger charge is -1.95. The molecule has 0 saturated carbocycles. The van der Waals surface area contributed by atoms with Crippen LogP contribution in [0.4, 0.5) is 0 Å². The summed E-state index contributed by atoms with van der Waals surface area (Å²) < 4.78 is 0.677. The Labute approximate surface area is 141 Å². The molecule has 3 aromatic rings. The number of benzene rings is 1. The number of nitrogens with one attached hydrogen (secondary N) is 2. The van der Waals surface area contributed by atoms with Crippen molar-refractivity contribution < 1.29 is 0 Å². The fraction of sp³-hybridized carbons (Fsp3) is 0.143. The molecule has 0 saturated heterocycles. The van der Waals surface area contributed by atoms with Gasteiger partial charge in [-0.1, -0.05) is 53.5 Å². The summed E-state index contributed by atoms with van der Waals surface area (Å²) in [7, 11) is 0. The van der Waals surface area contributed by atoms with Crippen LogP contribution in [-0.2, 0) is 0 Å². The second-order valence-electron chi connectivity index (χ2n) is 4.33. The van der Waals surface area contributed by atoms with Crippen molar-refractivity contribution in [3.8, 4) is 11.3 Å². The Kier molecular flexibility index (Phi) is 5.45. The number of H-pyrrole nitrogens is 2. The maximum Gasteiger partial charge on any atom is 0.146 e. The van der Waals surface area contributed by atoms with Crippen LogP contribution in [0.1, 0.15) is 11.4 Å². The second-order valence-corrected chi connectivity index (χ2v) is 5.84. The lowest BCUT2D eigenvalue weighted by atomic mass is 10.1. The van der Waals surface area contributed by atoms with E-state index in [2.05, 4.69) is 36.3 Å². The van der Waals surface area contributed by atoms with Gasteiger partial charge in [0.25, 0.3) is 0 Å². The van der Waals surface area contributed by atoms with Gasteiger partial charge in [0.05, 0.1) is 21.4 Å². The molecule has 0 aliphatic heterocycles. The van der Waals surface area contributed by atoms with E-state index < -0.39 is 0 Å². The lowest BCUT2D eigenvalue weighted by molar-refractivity contribution is 1.03. The molecule has 110 valence electrons. The summed E-state index contributed by atoms with van der Waals surface area (Å²) in [5, 5.41) is 14.8. The smallest absolute Gasteiger partial charge is 0.146 e. The highest BCUT2D eigenvalue weighted by atomic mass is 79.9. The molecule has 0 unspecified atom stereocenters. The summed E-state index contributed by atoms with van der Waals surface area (Å²) in [5.74, 6) is 0. The maximum absolute atomic E-state index is 6.05. The molecule has 21 heavy (non-hydrogen) atoms. The first-order chi connectivity index (χ1) is 10.0. The highest BCUT2D eigenvalue weighted by Crippen LogP contribution is 2.27. The quantitative estimate of drug-likeness (QED) is 0.604. The van der Waals surface area contributed by atoms with E-state index in [9.17, 15) is 0 Å². The predicted octanol–water partition coefficient (Wildman–Crippen LogP) is 5.17. The van der Waals surface area contributed by atoms with Crippen LogP contribution in [0.25, 0.3) is 11.3 Å². The van der Waals surface area contributed by atoms with Crippen molar-refractivity contribution in [3.63, 3.8) is 0 Å². The zero-order valence-corrected chi connectivity index (χ0v) is 14.5. The van der Waals surface area contributed by atoms with Gasteiger partial charge < -0.3 is 0 Å². The molecular weight excluding hydrogens is 375 g/mol. The van der Waals surface area contributed by atoms with Crippen molar-refractivity contribution in [3.05, 3.63) is 56.4 Å². The minimum absolute atomic E-state index is 0.657. The van der Waals surface area contributed by atoms with Crippen molar-refractivity contribution in [1.82, 2.24) is 20.4 Å². The first-order valence-corrected chi connectivity index (χ1v) is 7.67. The molecule has 0 amide bonds. The molecule has 0 aliphatic carbocycles. The standard InChI is InChI=1S/C10H9ClN2.C4H4BrClN2/c1-7-9(11)10(13-12-7)8-5-3-2-4-6-8;1-2-3(6)4(5)8-7-2/h2-6H,1H3,(H,12,13);1H3,(H,7,8). The summed E-state index contributed by atoms with van der Waals surface area (Å²) in [6.45, 7) is 3.77. The third kappa shape index (κ3) is 3.87. The summed E-state index contributed by atoms with van der Waals surface area (Å²) >= 11 is 14.8. The molecule has 0 aliphatic rings. The highest BCUT2D eigenvalue weighted by molar-refractivity contribution is 9.10. The van der Waals surface area contributed by atoms with E-state index >= 15 is 0 Å². The van der Waals surface area contributed by atoms with E-state index in [1.165, 1.54) is 0 Å². The van der Waals surface area contributed by atoms with E-state index in [4.69, 9.17) is 23.2 Å². The highest BCUT2D eigenvalue weighted by Gasteiger charge is 2.08. The number of aromatic amines is 2. The largest absolute Gasteiger partial charge is 0.281 e. The van der Waals surface area contributed by atoms with Gasteiger partial charge in [-0.15, -0.1) is 0 Å². The minimum atomic E-state index is 0.657. The Morgan fingerprint density at radius 3 is 1.86 bits per heavy atom. The normalized spacial score (nSPS) is 10.1. The molecule has 2 N–H and O–H groups in total. The van der Waals surface area contributed by atoms with Crippen molar-refractivity contribution in [2.24, 2.45) is 0 Å². The summed E-state index contributed by atoms with van der Waals surface area (Å²) in [4.78, 5) is 0. The van der Waals surface area contributed by atoms with E-state index in [1.54, 1.807) is 0 Å². The fourth-order valence-corrected chi connectivity index (χ4v) is 2.25. The topological polar surface area (TPSA) is 57.4 Å². The van der Waals surface area contributed by atoms with Crippen LogP contribution in [0, 0.1) is 13.8 Å². The third-order valence-corrected chi connectivity index (χ3v) is 4.48.